The van der Waals surface area contributed by atoms with Crippen LogP contribution in [0.1, 0.15) is 26.7 Å². The summed E-state index contributed by atoms with van der Waals surface area (Å²) in [5, 5.41) is -0.303. The summed E-state index contributed by atoms with van der Waals surface area (Å²) in [4.78, 5) is 27.8. The highest BCUT2D eigenvalue weighted by atomic mass is 35.5. The van der Waals surface area contributed by atoms with Crippen LogP contribution in [0.3, 0.4) is 0 Å². The van der Waals surface area contributed by atoms with Crippen molar-refractivity contribution in [1.29, 1.82) is 0 Å². The lowest BCUT2D eigenvalue weighted by molar-refractivity contribution is -0.154. The maximum absolute atomic E-state index is 12.2. The van der Waals surface area contributed by atoms with Crippen LogP contribution in [0.5, 0.6) is 11.6 Å². The number of aromatic nitrogens is 1. The van der Waals surface area contributed by atoms with Gasteiger partial charge in [-0.05, 0) is 30.3 Å². The molecule has 0 unspecified atom stereocenters. The van der Waals surface area contributed by atoms with Crippen LogP contribution in [0, 0.1) is 0 Å². The lowest BCUT2D eigenvalue weighted by atomic mass is 10.3. The van der Waals surface area contributed by atoms with Crippen LogP contribution in [0.15, 0.2) is 59.1 Å². The summed E-state index contributed by atoms with van der Waals surface area (Å²) in [5.41, 5.74) is 4.14. The van der Waals surface area contributed by atoms with E-state index in [1.165, 1.54) is 6.07 Å². The minimum absolute atomic E-state index is 0.0796. The molecule has 0 atom stereocenters. The largest absolute Gasteiger partial charge is 0.486 e. The smallest absolute Gasteiger partial charge is 0.422 e. The molecule has 168 valence electrons. The lowest BCUT2D eigenvalue weighted by Gasteiger charge is -2.10. The third-order valence-corrected chi connectivity index (χ3v) is 4.01. The first-order chi connectivity index (χ1) is 15.2. The Morgan fingerprint density at radius 1 is 1.03 bits per heavy atom. The van der Waals surface area contributed by atoms with Gasteiger partial charge in [-0.25, -0.2) is 4.98 Å². The summed E-state index contributed by atoms with van der Waals surface area (Å²) < 4.78 is 51.9. The van der Waals surface area contributed by atoms with Gasteiger partial charge in [0.25, 0.3) is 5.91 Å². The maximum Gasteiger partial charge on any atom is 0.422 e. The minimum atomic E-state index is -4.56. The molecule has 0 saturated heterocycles. The van der Waals surface area contributed by atoms with Gasteiger partial charge in [0.2, 0.25) is 5.88 Å². The number of carbonyl (C=O) groups excluding carboxylic acids is 2. The number of amides is 2. The van der Waals surface area contributed by atoms with Gasteiger partial charge in [0.1, 0.15) is 23.1 Å². The van der Waals surface area contributed by atoms with E-state index in [0.29, 0.717) is 11.5 Å². The summed E-state index contributed by atoms with van der Waals surface area (Å²) >= 11 is 5.79. The van der Waals surface area contributed by atoms with Crippen LogP contribution < -0.4 is 20.3 Å². The van der Waals surface area contributed by atoms with Gasteiger partial charge in [0.15, 0.2) is 12.4 Å². The molecule has 0 aliphatic heterocycles. The number of nitrogens with one attached hydrogen (secondary N) is 2. The molecule has 12 heteroatoms. The Morgan fingerprint density at radius 3 is 2.44 bits per heavy atom. The van der Waals surface area contributed by atoms with Crippen molar-refractivity contribution < 1.29 is 36.7 Å². The van der Waals surface area contributed by atoms with Crippen LogP contribution in [0.4, 0.5) is 13.2 Å². The van der Waals surface area contributed by atoms with E-state index >= 15 is 0 Å². The highest BCUT2D eigenvalue weighted by Crippen LogP contribution is 2.25. The Labute approximate surface area is 184 Å². The zero-order valence-electron chi connectivity index (χ0n) is 16.1. The Balaban J connectivity index is 1.51. The van der Waals surface area contributed by atoms with Crippen LogP contribution in [-0.2, 0) is 6.61 Å². The molecule has 2 aromatic heterocycles. The number of alkyl halides is 3. The summed E-state index contributed by atoms with van der Waals surface area (Å²) in [5.74, 6) is -1.10. The molecule has 8 nitrogen and oxygen atoms in total. The fourth-order valence-electron chi connectivity index (χ4n) is 2.30. The minimum Gasteiger partial charge on any atom is -0.486 e. The Morgan fingerprint density at radius 2 is 1.75 bits per heavy atom. The Hall–Kier alpha value is -3.73. The van der Waals surface area contributed by atoms with Crippen LogP contribution in [0.25, 0.3) is 0 Å². The molecule has 0 fully saturated rings. The molecule has 0 aliphatic rings. The van der Waals surface area contributed by atoms with Crippen molar-refractivity contribution in [3.63, 3.8) is 0 Å². The van der Waals surface area contributed by atoms with Gasteiger partial charge in [-0.15, -0.1) is 0 Å². The van der Waals surface area contributed by atoms with E-state index in [0.717, 1.165) is 12.3 Å². The molecule has 3 aromatic rings. The van der Waals surface area contributed by atoms with Crippen molar-refractivity contribution in [2.24, 2.45) is 0 Å². The van der Waals surface area contributed by atoms with Gasteiger partial charge >= 0.3 is 12.1 Å². The summed E-state index contributed by atoms with van der Waals surface area (Å²) in [7, 11) is 0. The average molecular weight is 470 g/mol. The molecule has 0 aliphatic carbocycles. The maximum atomic E-state index is 12.2. The first kappa shape index (κ1) is 22.9. The van der Waals surface area contributed by atoms with E-state index in [1.807, 2.05) is 18.2 Å². The monoisotopic (exact) mass is 469 g/mol. The Kier molecular flexibility index (Phi) is 7.21. The van der Waals surface area contributed by atoms with Gasteiger partial charge in [0, 0.05) is 6.20 Å². The van der Waals surface area contributed by atoms with E-state index in [9.17, 15) is 22.8 Å². The van der Waals surface area contributed by atoms with E-state index < -0.39 is 30.5 Å². The van der Waals surface area contributed by atoms with Crippen LogP contribution in [0.2, 0.25) is 5.02 Å². The SMILES string of the molecule is O=C(NNC(=O)c1ccc(COc2ccccc2)o1)c1cnc(OCC(F)(F)F)c(Cl)c1. The van der Waals surface area contributed by atoms with Gasteiger partial charge in [-0.2, -0.15) is 13.2 Å². The lowest BCUT2D eigenvalue weighted by Crippen LogP contribution is -2.41. The highest BCUT2D eigenvalue weighted by molar-refractivity contribution is 6.32. The number of para-hydroxylation sites is 1. The molecule has 0 saturated carbocycles. The molecule has 2 amide bonds. The summed E-state index contributed by atoms with van der Waals surface area (Å²) in [6, 6.07) is 13.0. The number of ether oxygens (including phenoxy) is 2. The van der Waals surface area contributed by atoms with Gasteiger partial charge in [-0.3, -0.25) is 20.4 Å². The average Bonchev–Trinajstić information content (AvgIpc) is 3.24. The second kappa shape index (κ2) is 10.1. The van der Waals surface area contributed by atoms with Gasteiger partial charge in [0.05, 0.1) is 5.56 Å². The van der Waals surface area contributed by atoms with Crippen molar-refractivity contribution in [1.82, 2.24) is 15.8 Å². The zero-order chi connectivity index (χ0) is 23.1. The summed E-state index contributed by atoms with van der Waals surface area (Å²) in [6.45, 7) is -1.49. The molecule has 0 radical (unpaired) electrons. The number of rotatable bonds is 7. The number of benzene rings is 1. The molecule has 0 spiro atoms. The molecular weight excluding hydrogens is 455 g/mol. The number of pyridine rings is 1. The van der Waals surface area contributed by atoms with Crippen molar-refractivity contribution in [2.45, 2.75) is 12.8 Å². The second-order valence-electron chi connectivity index (χ2n) is 6.19. The molecule has 0 bridgehead atoms. The molecule has 32 heavy (non-hydrogen) atoms. The highest BCUT2D eigenvalue weighted by Gasteiger charge is 2.29. The molecule has 2 N–H and O–H groups in total. The molecule has 3 rings (SSSR count). The van der Waals surface area contributed by atoms with E-state index in [4.69, 9.17) is 20.8 Å². The number of nitrogens with zero attached hydrogens (tertiary/aromatic N) is 1. The van der Waals surface area contributed by atoms with Crippen LogP contribution >= 0.6 is 11.6 Å². The van der Waals surface area contributed by atoms with Crippen LogP contribution in [-0.4, -0.2) is 29.6 Å². The third kappa shape index (κ3) is 6.64. The number of furan rings is 1. The predicted molar refractivity (Wildman–Crippen MR) is 105 cm³/mol. The van der Waals surface area contributed by atoms with Crippen molar-refractivity contribution in [3.8, 4) is 11.6 Å². The second-order valence-corrected chi connectivity index (χ2v) is 6.60. The fraction of sp³-hybridized carbons (Fsp3) is 0.150. The van der Waals surface area contributed by atoms with Gasteiger partial charge in [-0.1, -0.05) is 29.8 Å². The van der Waals surface area contributed by atoms with Crippen molar-refractivity contribution in [3.05, 3.63) is 76.8 Å². The van der Waals surface area contributed by atoms with E-state index in [2.05, 4.69) is 20.6 Å². The molecule has 1 aromatic carbocycles. The zero-order valence-corrected chi connectivity index (χ0v) is 16.9. The third-order valence-electron chi connectivity index (χ3n) is 3.74. The molecule has 2 heterocycles. The molecular formula is C20H15ClF3N3O5. The van der Waals surface area contributed by atoms with E-state index in [1.54, 1.807) is 18.2 Å². The number of carbonyl (C=O) groups is 2. The quantitative estimate of drug-likeness (QED) is 0.508. The first-order valence-corrected chi connectivity index (χ1v) is 9.31. The Bertz CT molecular complexity index is 1090. The summed E-state index contributed by atoms with van der Waals surface area (Å²) in [6.07, 6.45) is -3.62. The number of hydrazine groups is 1. The van der Waals surface area contributed by atoms with Gasteiger partial charge < -0.3 is 13.9 Å². The normalized spacial score (nSPS) is 11.0. The number of halogens is 4. The first-order valence-electron chi connectivity index (χ1n) is 8.93. The predicted octanol–water partition coefficient (Wildman–Crippen LogP) is 3.92. The standard InChI is InChI=1S/C20H15ClF3N3O5/c21-15-8-12(9-25-19(15)31-11-20(22,23)24)17(28)26-27-18(29)16-7-6-14(32-16)10-30-13-4-2-1-3-5-13/h1-9H,10-11H2,(H,26,28)(H,27,29). The number of hydrogen-bond acceptors (Lipinski definition) is 6. The topological polar surface area (TPSA) is 103 Å². The van der Waals surface area contributed by atoms with Crippen molar-refractivity contribution in [2.75, 3.05) is 6.61 Å². The van der Waals surface area contributed by atoms with E-state index in [-0.39, 0.29) is 23.0 Å². The van der Waals surface area contributed by atoms with Crippen molar-refractivity contribution >= 4 is 23.4 Å². The number of hydrogen-bond donors (Lipinski definition) is 2. The fourth-order valence-corrected chi connectivity index (χ4v) is 2.52.